The summed E-state index contributed by atoms with van der Waals surface area (Å²) in [5.41, 5.74) is 1.03. The minimum atomic E-state index is 0.312. The van der Waals surface area contributed by atoms with Gasteiger partial charge in [0.2, 0.25) is 0 Å². The predicted octanol–water partition coefficient (Wildman–Crippen LogP) is 1.63. The van der Waals surface area contributed by atoms with Crippen molar-refractivity contribution in [3.8, 4) is 0 Å². The highest BCUT2D eigenvalue weighted by atomic mass is 32.2. The Balaban J connectivity index is 1.92. The monoisotopic (exact) mass is 209 g/mol. The van der Waals surface area contributed by atoms with E-state index < -0.39 is 0 Å². The van der Waals surface area contributed by atoms with Crippen LogP contribution in [0.15, 0.2) is 18.6 Å². The molecule has 0 aromatic carbocycles. The summed E-state index contributed by atoms with van der Waals surface area (Å²) >= 11 is 2.02. The minimum absolute atomic E-state index is 0.312. The van der Waals surface area contributed by atoms with E-state index in [2.05, 4.69) is 22.2 Å². The maximum atomic E-state index is 4.29. The van der Waals surface area contributed by atoms with Crippen molar-refractivity contribution in [3.05, 3.63) is 24.3 Å². The molecule has 0 radical (unpaired) electrons. The van der Waals surface area contributed by atoms with Crippen LogP contribution in [0.5, 0.6) is 0 Å². The first-order chi connectivity index (χ1) is 6.86. The van der Waals surface area contributed by atoms with Crippen molar-refractivity contribution in [2.75, 3.05) is 11.5 Å². The Kier molecular flexibility index (Phi) is 3.37. The molecule has 2 atom stereocenters. The zero-order chi connectivity index (χ0) is 9.80. The summed E-state index contributed by atoms with van der Waals surface area (Å²) in [6.07, 6.45) is 6.56. The second-order valence-electron chi connectivity index (χ2n) is 3.58. The predicted molar refractivity (Wildman–Crippen MR) is 59.3 cm³/mol. The summed E-state index contributed by atoms with van der Waals surface area (Å²) in [4.78, 5) is 8.36. The van der Waals surface area contributed by atoms with Crippen LogP contribution in [0.4, 0.5) is 0 Å². The molecule has 2 unspecified atom stereocenters. The molecule has 1 aromatic heterocycles. The molecule has 1 aliphatic heterocycles. The van der Waals surface area contributed by atoms with E-state index in [-0.39, 0.29) is 0 Å². The summed E-state index contributed by atoms with van der Waals surface area (Å²) in [6.45, 7) is 2.15. The van der Waals surface area contributed by atoms with Gasteiger partial charge in [-0.1, -0.05) is 0 Å². The number of hydrogen-bond donors (Lipinski definition) is 1. The van der Waals surface area contributed by atoms with Crippen LogP contribution < -0.4 is 5.32 Å². The summed E-state index contributed by atoms with van der Waals surface area (Å²) in [6, 6.07) is 0.962. The first-order valence-electron chi connectivity index (χ1n) is 4.96. The quantitative estimate of drug-likeness (QED) is 0.821. The lowest BCUT2D eigenvalue weighted by molar-refractivity contribution is 0.477. The molecule has 0 bridgehead atoms. The molecule has 1 saturated heterocycles. The fourth-order valence-corrected chi connectivity index (χ4v) is 2.80. The van der Waals surface area contributed by atoms with Gasteiger partial charge >= 0.3 is 0 Å². The van der Waals surface area contributed by atoms with Crippen molar-refractivity contribution in [2.24, 2.45) is 0 Å². The fraction of sp³-hybridized carbons (Fsp3) is 0.600. The average Bonchev–Trinajstić information content (AvgIpc) is 2.72. The largest absolute Gasteiger partial charge is 0.305 e. The lowest BCUT2D eigenvalue weighted by Gasteiger charge is -2.17. The Labute approximate surface area is 88.7 Å². The number of hydrogen-bond acceptors (Lipinski definition) is 4. The number of aromatic nitrogens is 2. The van der Waals surface area contributed by atoms with E-state index in [4.69, 9.17) is 0 Å². The van der Waals surface area contributed by atoms with E-state index in [9.17, 15) is 0 Å². The molecule has 1 N–H and O–H groups in total. The third-order valence-electron chi connectivity index (χ3n) is 2.44. The molecule has 76 valence electrons. The lowest BCUT2D eigenvalue weighted by atomic mass is 10.2. The summed E-state index contributed by atoms with van der Waals surface area (Å²) in [5.74, 6) is 2.51. The average molecular weight is 209 g/mol. The maximum absolute atomic E-state index is 4.29. The molecular weight excluding hydrogens is 194 g/mol. The van der Waals surface area contributed by atoms with Crippen molar-refractivity contribution < 1.29 is 0 Å². The molecule has 2 heterocycles. The Morgan fingerprint density at radius 2 is 2.50 bits per heavy atom. The van der Waals surface area contributed by atoms with Gasteiger partial charge in [0, 0.05) is 36.4 Å². The molecule has 0 spiro atoms. The van der Waals surface area contributed by atoms with Crippen LogP contribution in [0.25, 0.3) is 0 Å². The second kappa shape index (κ2) is 4.75. The summed E-state index contributed by atoms with van der Waals surface area (Å²) in [5, 5.41) is 3.57. The molecule has 3 nitrogen and oxygen atoms in total. The van der Waals surface area contributed by atoms with Gasteiger partial charge in [0.1, 0.15) is 0 Å². The maximum Gasteiger partial charge on any atom is 0.0753 e. The van der Waals surface area contributed by atoms with E-state index in [1.54, 1.807) is 12.4 Å². The zero-order valence-electron chi connectivity index (χ0n) is 8.31. The van der Waals surface area contributed by atoms with Crippen molar-refractivity contribution in [1.82, 2.24) is 15.3 Å². The van der Waals surface area contributed by atoms with Gasteiger partial charge in [-0.25, -0.2) is 0 Å². The van der Waals surface area contributed by atoms with Crippen LogP contribution >= 0.6 is 11.8 Å². The van der Waals surface area contributed by atoms with Gasteiger partial charge in [-0.05, 0) is 19.1 Å². The first kappa shape index (κ1) is 9.93. The number of rotatable bonds is 3. The number of nitrogens with zero attached hydrogens (tertiary/aromatic N) is 2. The highest BCUT2D eigenvalue weighted by Crippen LogP contribution is 2.19. The molecule has 0 aliphatic carbocycles. The topological polar surface area (TPSA) is 37.8 Å². The Hall–Kier alpha value is -0.610. The highest BCUT2D eigenvalue weighted by Gasteiger charge is 2.18. The van der Waals surface area contributed by atoms with Crippen molar-refractivity contribution in [3.63, 3.8) is 0 Å². The van der Waals surface area contributed by atoms with E-state index in [0.29, 0.717) is 12.1 Å². The standard InChI is InChI=1S/C10H15N3S/c1-8(10-6-11-3-4-12-10)13-9-2-5-14-7-9/h3-4,6,8-9,13H,2,5,7H2,1H3. The minimum Gasteiger partial charge on any atom is -0.305 e. The van der Waals surface area contributed by atoms with E-state index in [1.807, 2.05) is 18.0 Å². The normalized spacial score (nSPS) is 23.6. The number of thioether (sulfide) groups is 1. The molecular formula is C10H15N3S. The molecule has 14 heavy (non-hydrogen) atoms. The van der Waals surface area contributed by atoms with Crippen LogP contribution in [0.2, 0.25) is 0 Å². The van der Waals surface area contributed by atoms with Crippen LogP contribution in [-0.4, -0.2) is 27.5 Å². The summed E-state index contributed by atoms with van der Waals surface area (Å²) < 4.78 is 0. The molecule has 1 aromatic rings. The SMILES string of the molecule is CC(NC1CCSC1)c1cnccn1. The fourth-order valence-electron chi connectivity index (χ4n) is 1.64. The smallest absolute Gasteiger partial charge is 0.0753 e. The first-order valence-corrected chi connectivity index (χ1v) is 6.11. The van der Waals surface area contributed by atoms with Crippen LogP contribution in [0, 0.1) is 0 Å². The van der Waals surface area contributed by atoms with E-state index in [0.717, 1.165) is 5.69 Å². The van der Waals surface area contributed by atoms with Crippen LogP contribution in [0.3, 0.4) is 0 Å². The number of nitrogens with one attached hydrogen (secondary N) is 1. The van der Waals surface area contributed by atoms with Gasteiger partial charge in [0.05, 0.1) is 5.69 Å². The third-order valence-corrected chi connectivity index (χ3v) is 3.60. The second-order valence-corrected chi connectivity index (χ2v) is 4.73. The van der Waals surface area contributed by atoms with Crippen LogP contribution in [0.1, 0.15) is 25.1 Å². The Morgan fingerprint density at radius 1 is 1.57 bits per heavy atom. The molecule has 0 saturated carbocycles. The third kappa shape index (κ3) is 2.45. The van der Waals surface area contributed by atoms with Gasteiger partial charge in [-0.15, -0.1) is 0 Å². The van der Waals surface area contributed by atoms with E-state index >= 15 is 0 Å². The van der Waals surface area contributed by atoms with Gasteiger partial charge in [-0.2, -0.15) is 11.8 Å². The van der Waals surface area contributed by atoms with Gasteiger partial charge < -0.3 is 5.32 Å². The van der Waals surface area contributed by atoms with Gasteiger partial charge in [0.15, 0.2) is 0 Å². The van der Waals surface area contributed by atoms with Gasteiger partial charge in [-0.3, -0.25) is 9.97 Å². The molecule has 1 aliphatic rings. The van der Waals surface area contributed by atoms with Gasteiger partial charge in [0.25, 0.3) is 0 Å². The zero-order valence-corrected chi connectivity index (χ0v) is 9.13. The van der Waals surface area contributed by atoms with Crippen molar-refractivity contribution >= 4 is 11.8 Å². The van der Waals surface area contributed by atoms with Crippen molar-refractivity contribution in [2.45, 2.75) is 25.4 Å². The lowest BCUT2D eigenvalue weighted by Crippen LogP contribution is -2.31. The van der Waals surface area contributed by atoms with E-state index in [1.165, 1.54) is 17.9 Å². The highest BCUT2D eigenvalue weighted by molar-refractivity contribution is 7.99. The van der Waals surface area contributed by atoms with Crippen molar-refractivity contribution in [1.29, 1.82) is 0 Å². The van der Waals surface area contributed by atoms with Crippen LogP contribution in [-0.2, 0) is 0 Å². The molecule has 4 heteroatoms. The molecule has 1 fully saturated rings. The summed E-state index contributed by atoms with van der Waals surface area (Å²) in [7, 11) is 0. The molecule has 2 rings (SSSR count). The molecule has 0 amide bonds. The Morgan fingerprint density at radius 3 is 3.14 bits per heavy atom. The Bertz CT molecular complexity index is 272.